The lowest BCUT2D eigenvalue weighted by atomic mass is 10.1. The topological polar surface area (TPSA) is 64.6 Å². The first-order valence-corrected chi connectivity index (χ1v) is 8.27. The quantitative estimate of drug-likeness (QED) is 0.748. The molecule has 2 aromatic carbocycles. The molecule has 138 valence electrons. The van der Waals surface area contributed by atoms with Gasteiger partial charge in [0.05, 0.1) is 0 Å². The van der Waals surface area contributed by atoms with E-state index in [2.05, 4.69) is 5.32 Å². The van der Waals surface area contributed by atoms with Gasteiger partial charge in [0.15, 0.2) is 12.2 Å². The first-order chi connectivity index (χ1) is 12.3. The second-order valence-electron chi connectivity index (χ2n) is 6.05. The van der Waals surface area contributed by atoms with Crippen LogP contribution in [0.25, 0.3) is 0 Å². The lowest BCUT2D eigenvalue weighted by Gasteiger charge is -2.24. The van der Waals surface area contributed by atoms with E-state index in [1.54, 1.807) is 24.3 Å². The van der Waals surface area contributed by atoms with Crippen molar-refractivity contribution in [3.63, 3.8) is 0 Å². The number of benzene rings is 2. The monoisotopic (exact) mass is 379 g/mol. The van der Waals surface area contributed by atoms with Gasteiger partial charge in [0, 0.05) is 11.6 Å². The first kappa shape index (κ1) is 19.7. The first-order valence-electron chi connectivity index (χ1n) is 7.89. The number of hydrogen-bond donors (Lipinski definition) is 1. The predicted octanol–water partition coefficient (Wildman–Crippen LogP) is 3.50. The fourth-order valence-corrected chi connectivity index (χ4v) is 2.12. The van der Waals surface area contributed by atoms with Crippen molar-refractivity contribution in [2.75, 3.05) is 6.61 Å². The van der Waals surface area contributed by atoms with Crippen molar-refractivity contribution < 1.29 is 23.5 Å². The SMILES string of the molecule is CC(C)(Oc1ccc(F)cc1)C(=O)OCC(=O)NCc1ccc(Cl)cc1. The molecule has 7 heteroatoms. The molecule has 0 aromatic heterocycles. The van der Waals surface area contributed by atoms with Gasteiger partial charge in [-0.15, -0.1) is 0 Å². The molecule has 0 heterocycles. The minimum Gasteiger partial charge on any atom is -0.476 e. The second kappa shape index (κ2) is 8.67. The smallest absolute Gasteiger partial charge is 0.350 e. The summed E-state index contributed by atoms with van der Waals surface area (Å²) in [6.45, 7) is 2.88. The van der Waals surface area contributed by atoms with Gasteiger partial charge in [0.25, 0.3) is 5.91 Å². The predicted molar refractivity (Wildman–Crippen MR) is 95.4 cm³/mol. The van der Waals surface area contributed by atoms with Gasteiger partial charge in [-0.25, -0.2) is 9.18 Å². The third-order valence-corrected chi connectivity index (χ3v) is 3.67. The number of nitrogens with one attached hydrogen (secondary N) is 1. The highest BCUT2D eigenvalue weighted by Gasteiger charge is 2.32. The van der Waals surface area contributed by atoms with Gasteiger partial charge in [-0.05, 0) is 55.8 Å². The maximum atomic E-state index is 12.9. The molecule has 5 nitrogen and oxygen atoms in total. The van der Waals surface area contributed by atoms with Crippen LogP contribution in [0.4, 0.5) is 4.39 Å². The van der Waals surface area contributed by atoms with Crippen LogP contribution in [0.5, 0.6) is 5.75 Å². The highest BCUT2D eigenvalue weighted by molar-refractivity contribution is 6.30. The van der Waals surface area contributed by atoms with E-state index >= 15 is 0 Å². The van der Waals surface area contributed by atoms with E-state index in [1.807, 2.05) is 0 Å². The zero-order valence-corrected chi connectivity index (χ0v) is 15.2. The van der Waals surface area contributed by atoms with E-state index in [9.17, 15) is 14.0 Å². The summed E-state index contributed by atoms with van der Waals surface area (Å²) in [5.74, 6) is -1.23. The Morgan fingerprint density at radius 2 is 1.69 bits per heavy atom. The summed E-state index contributed by atoms with van der Waals surface area (Å²) in [7, 11) is 0. The van der Waals surface area contributed by atoms with E-state index in [0.29, 0.717) is 17.3 Å². The fourth-order valence-electron chi connectivity index (χ4n) is 2.00. The number of carbonyl (C=O) groups excluding carboxylic acids is 2. The van der Waals surface area contributed by atoms with E-state index in [1.165, 1.54) is 38.1 Å². The highest BCUT2D eigenvalue weighted by atomic mass is 35.5. The number of ether oxygens (including phenoxy) is 2. The van der Waals surface area contributed by atoms with E-state index in [-0.39, 0.29) is 0 Å². The fraction of sp³-hybridized carbons (Fsp3) is 0.263. The Kier molecular flexibility index (Phi) is 6.58. The molecule has 0 radical (unpaired) electrons. The number of rotatable bonds is 7. The average Bonchev–Trinajstić information content (AvgIpc) is 2.61. The molecule has 0 bridgehead atoms. The van der Waals surface area contributed by atoms with E-state index in [0.717, 1.165) is 5.56 Å². The van der Waals surface area contributed by atoms with Crippen molar-refractivity contribution in [2.24, 2.45) is 0 Å². The number of esters is 1. The molecule has 1 N–H and O–H groups in total. The summed E-state index contributed by atoms with van der Waals surface area (Å²) in [5.41, 5.74) is -0.456. The molecule has 0 aliphatic rings. The molecule has 0 aliphatic carbocycles. The summed E-state index contributed by atoms with van der Waals surface area (Å²) in [6.07, 6.45) is 0. The average molecular weight is 380 g/mol. The Morgan fingerprint density at radius 1 is 1.08 bits per heavy atom. The lowest BCUT2D eigenvalue weighted by molar-refractivity contribution is -0.162. The summed E-state index contributed by atoms with van der Waals surface area (Å²) in [5, 5.41) is 3.25. The van der Waals surface area contributed by atoms with E-state index < -0.39 is 29.9 Å². The Labute approximate surface area is 156 Å². The van der Waals surface area contributed by atoms with Gasteiger partial charge in [-0.2, -0.15) is 0 Å². The highest BCUT2D eigenvalue weighted by Crippen LogP contribution is 2.19. The van der Waals surface area contributed by atoms with Crippen LogP contribution in [0.1, 0.15) is 19.4 Å². The van der Waals surface area contributed by atoms with Gasteiger partial charge in [0.2, 0.25) is 0 Å². The molecule has 2 rings (SSSR count). The van der Waals surface area contributed by atoms with Gasteiger partial charge in [0.1, 0.15) is 11.6 Å². The molecule has 0 spiro atoms. The van der Waals surface area contributed by atoms with Crippen molar-refractivity contribution >= 4 is 23.5 Å². The Morgan fingerprint density at radius 3 is 2.31 bits per heavy atom. The molecule has 0 saturated carbocycles. The van der Waals surface area contributed by atoms with Crippen molar-refractivity contribution in [1.29, 1.82) is 0 Å². The van der Waals surface area contributed by atoms with Crippen LogP contribution in [-0.4, -0.2) is 24.1 Å². The zero-order valence-electron chi connectivity index (χ0n) is 14.4. The maximum absolute atomic E-state index is 12.9. The lowest BCUT2D eigenvalue weighted by Crippen LogP contribution is -2.41. The molecule has 0 atom stereocenters. The minimum atomic E-state index is -1.33. The molecular weight excluding hydrogens is 361 g/mol. The third-order valence-electron chi connectivity index (χ3n) is 3.42. The Bertz CT molecular complexity index is 760. The molecule has 26 heavy (non-hydrogen) atoms. The molecule has 0 fully saturated rings. The van der Waals surface area contributed by atoms with Crippen LogP contribution >= 0.6 is 11.6 Å². The normalized spacial score (nSPS) is 10.9. The van der Waals surface area contributed by atoms with Crippen LogP contribution in [0.2, 0.25) is 5.02 Å². The number of hydrogen-bond acceptors (Lipinski definition) is 4. The summed E-state index contributed by atoms with van der Waals surface area (Å²) in [6, 6.07) is 12.3. The van der Waals surface area contributed by atoms with E-state index in [4.69, 9.17) is 21.1 Å². The standard InChI is InChI=1S/C19H19ClFNO4/c1-19(2,26-16-9-7-15(21)8-10-16)18(24)25-12-17(23)22-11-13-3-5-14(20)6-4-13/h3-10H,11-12H2,1-2H3,(H,22,23). The molecule has 2 aromatic rings. The van der Waals surface area contributed by atoms with Crippen LogP contribution < -0.4 is 10.1 Å². The Hall–Kier alpha value is -2.60. The van der Waals surface area contributed by atoms with Gasteiger partial charge in [-0.1, -0.05) is 23.7 Å². The van der Waals surface area contributed by atoms with Crippen LogP contribution in [0, 0.1) is 5.82 Å². The van der Waals surface area contributed by atoms with Crippen molar-refractivity contribution in [3.05, 3.63) is 64.9 Å². The van der Waals surface area contributed by atoms with Gasteiger partial charge >= 0.3 is 5.97 Å². The summed E-state index contributed by atoms with van der Waals surface area (Å²) >= 11 is 5.79. The molecule has 0 aliphatic heterocycles. The molecular formula is C19H19ClFNO4. The Balaban J connectivity index is 1.79. The van der Waals surface area contributed by atoms with Crippen LogP contribution in [0.3, 0.4) is 0 Å². The van der Waals surface area contributed by atoms with Gasteiger partial charge < -0.3 is 14.8 Å². The van der Waals surface area contributed by atoms with Crippen molar-refractivity contribution in [1.82, 2.24) is 5.32 Å². The molecule has 0 unspecified atom stereocenters. The van der Waals surface area contributed by atoms with Crippen molar-refractivity contribution in [2.45, 2.75) is 26.0 Å². The van der Waals surface area contributed by atoms with Crippen LogP contribution in [0.15, 0.2) is 48.5 Å². The molecule has 1 amide bonds. The zero-order chi connectivity index (χ0) is 19.2. The van der Waals surface area contributed by atoms with Gasteiger partial charge in [-0.3, -0.25) is 4.79 Å². The number of amides is 1. The van der Waals surface area contributed by atoms with Crippen molar-refractivity contribution in [3.8, 4) is 5.75 Å². The number of carbonyl (C=O) groups is 2. The van der Waals surface area contributed by atoms with Crippen LogP contribution in [-0.2, 0) is 20.9 Å². The largest absolute Gasteiger partial charge is 0.476 e. The minimum absolute atomic E-state index is 0.295. The summed E-state index contributed by atoms with van der Waals surface area (Å²) < 4.78 is 23.4. The second-order valence-corrected chi connectivity index (χ2v) is 6.48. The number of halogens is 2. The summed E-state index contributed by atoms with van der Waals surface area (Å²) in [4.78, 5) is 23.9. The molecule has 0 saturated heterocycles. The third kappa shape index (κ3) is 6.04. The maximum Gasteiger partial charge on any atom is 0.350 e.